The van der Waals surface area contributed by atoms with Gasteiger partial charge >= 0.3 is 5.97 Å². The van der Waals surface area contributed by atoms with Gasteiger partial charge in [-0.05, 0) is 23.1 Å². The smallest absolute Gasteiger partial charge is 0.337 e. The van der Waals surface area contributed by atoms with Gasteiger partial charge < -0.3 is 10.2 Å². The first-order chi connectivity index (χ1) is 8.51. The molecule has 1 unspecified atom stereocenters. The van der Waals surface area contributed by atoms with E-state index in [1.807, 2.05) is 6.92 Å². The molecule has 0 amide bonds. The summed E-state index contributed by atoms with van der Waals surface area (Å²) in [5.41, 5.74) is 1.88. The number of carbonyl (C=O) groups is 2. The van der Waals surface area contributed by atoms with Crippen LogP contribution in [0.15, 0.2) is 18.2 Å². The molecule has 1 atom stereocenters. The van der Waals surface area contributed by atoms with Gasteiger partial charge in [-0.15, -0.1) is 0 Å². The fourth-order valence-corrected chi connectivity index (χ4v) is 2.10. The Labute approximate surface area is 114 Å². The predicted molar refractivity (Wildman–Crippen MR) is 70.9 cm³/mol. The Morgan fingerprint density at radius 3 is 2.56 bits per heavy atom. The van der Waals surface area contributed by atoms with Gasteiger partial charge in [-0.3, -0.25) is 4.79 Å². The first-order valence-corrected chi connectivity index (χ1v) is 6.72. The fraction of sp³-hybridized carbons (Fsp3) is 0.385. The van der Waals surface area contributed by atoms with Gasteiger partial charge in [-0.25, -0.2) is 4.79 Å². The molecule has 0 aliphatic heterocycles. The Bertz CT molecular complexity index is 456. The number of hydrogen-bond acceptors (Lipinski definition) is 3. The minimum absolute atomic E-state index is 0.0201. The lowest BCUT2D eigenvalue weighted by atomic mass is 9.93. The van der Waals surface area contributed by atoms with Gasteiger partial charge in [-0.1, -0.05) is 41.1 Å². The summed E-state index contributed by atoms with van der Waals surface area (Å²) in [5.74, 6) is -1.26. The first-order valence-electron chi connectivity index (χ1n) is 5.60. The maximum Gasteiger partial charge on any atom is 0.337 e. The topological polar surface area (TPSA) is 74.6 Å². The van der Waals surface area contributed by atoms with Crippen molar-refractivity contribution in [3.8, 4) is 0 Å². The van der Waals surface area contributed by atoms with E-state index in [1.54, 1.807) is 18.2 Å². The lowest BCUT2D eigenvalue weighted by Crippen LogP contribution is -2.15. The summed E-state index contributed by atoms with van der Waals surface area (Å²) >= 11 is 3.10. The number of alkyl halides is 1. The number of halogens is 1. The maximum absolute atomic E-state index is 11.4. The zero-order chi connectivity index (χ0) is 13.7. The number of ketones is 1. The lowest BCUT2D eigenvalue weighted by molar-refractivity contribution is -0.147. The highest BCUT2D eigenvalue weighted by molar-refractivity contribution is 9.09. The molecule has 18 heavy (non-hydrogen) atoms. The van der Waals surface area contributed by atoms with Crippen molar-refractivity contribution in [3.63, 3.8) is 0 Å². The SMILES string of the molecule is CCc1c(CC(=O)CBr)cccc1C(O)C(=O)O. The van der Waals surface area contributed by atoms with Crippen molar-refractivity contribution in [3.05, 3.63) is 34.9 Å². The maximum atomic E-state index is 11.4. The number of carboxylic acids is 1. The van der Waals surface area contributed by atoms with E-state index in [4.69, 9.17) is 5.11 Å². The Hall–Kier alpha value is -1.20. The van der Waals surface area contributed by atoms with Crippen LogP contribution in [0.2, 0.25) is 0 Å². The molecule has 0 aliphatic rings. The first kappa shape index (κ1) is 14.9. The molecule has 98 valence electrons. The Kier molecular flexibility index (Phi) is 5.50. The summed E-state index contributed by atoms with van der Waals surface area (Å²) in [5, 5.41) is 18.7. The summed E-state index contributed by atoms with van der Waals surface area (Å²) in [7, 11) is 0. The normalized spacial score (nSPS) is 12.2. The van der Waals surface area contributed by atoms with E-state index < -0.39 is 12.1 Å². The van der Waals surface area contributed by atoms with Gasteiger partial charge in [0.1, 0.15) is 5.78 Å². The molecule has 0 spiro atoms. The number of benzene rings is 1. The van der Waals surface area contributed by atoms with Crippen LogP contribution < -0.4 is 0 Å². The Morgan fingerprint density at radius 2 is 2.06 bits per heavy atom. The fourth-order valence-electron chi connectivity index (χ4n) is 1.90. The van der Waals surface area contributed by atoms with Gasteiger partial charge in [0, 0.05) is 6.42 Å². The highest BCUT2D eigenvalue weighted by Gasteiger charge is 2.20. The summed E-state index contributed by atoms with van der Waals surface area (Å²) < 4.78 is 0. The highest BCUT2D eigenvalue weighted by atomic mass is 79.9. The molecule has 0 aliphatic carbocycles. The van der Waals surface area contributed by atoms with Crippen molar-refractivity contribution >= 4 is 27.7 Å². The largest absolute Gasteiger partial charge is 0.479 e. The Morgan fingerprint density at radius 1 is 1.39 bits per heavy atom. The van der Waals surface area contributed by atoms with Gasteiger partial charge in [0.15, 0.2) is 6.10 Å². The van der Waals surface area contributed by atoms with E-state index in [9.17, 15) is 14.7 Å². The lowest BCUT2D eigenvalue weighted by Gasteiger charge is -2.15. The van der Waals surface area contributed by atoms with Gasteiger partial charge in [0.25, 0.3) is 0 Å². The van der Waals surface area contributed by atoms with Crippen LogP contribution in [0.1, 0.15) is 29.7 Å². The average molecular weight is 315 g/mol. The van der Waals surface area contributed by atoms with Crippen LogP contribution in [0.25, 0.3) is 0 Å². The van der Waals surface area contributed by atoms with Crippen LogP contribution in [0.4, 0.5) is 0 Å². The number of Topliss-reactive ketones (excluding diaryl/α,β-unsaturated/α-hetero) is 1. The Balaban J connectivity index is 3.17. The number of carbonyl (C=O) groups excluding carboxylic acids is 1. The monoisotopic (exact) mass is 314 g/mol. The van der Waals surface area contributed by atoms with Crippen molar-refractivity contribution in [1.82, 2.24) is 0 Å². The molecule has 0 heterocycles. The second kappa shape index (κ2) is 6.66. The van der Waals surface area contributed by atoms with E-state index in [1.165, 1.54) is 0 Å². The predicted octanol–water partition coefficient (Wildman–Crippen LogP) is 1.87. The van der Waals surface area contributed by atoms with Crippen LogP contribution >= 0.6 is 15.9 Å². The molecule has 0 bridgehead atoms. The summed E-state index contributed by atoms with van der Waals surface area (Å²) in [6.07, 6.45) is -0.723. The molecule has 1 aromatic rings. The molecule has 0 saturated heterocycles. The summed E-state index contributed by atoms with van der Waals surface area (Å²) in [4.78, 5) is 22.3. The van der Waals surface area contributed by atoms with Crippen molar-refractivity contribution < 1.29 is 19.8 Å². The summed E-state index contributed by atoms with van der Waals surface area (Å²) in [6.45, 7) is 1.87. The molecule has 0 aromatic heterocycles. The van der Waals surface area contributed by atoms with Crippen LogP contribution in [0.3, 0.4) is 0 Å². The van der Waals surface area contributed by atoms with Crippen LogP contribution in [-0.2, 0) is 22.4 Å². The number of aliphatic hydroxyl groups excluding tert-OH is 1. The van der Waals surface area contributed by atoms with E-state index in [0.717, 1.165) is 11.1 Å². The standard InChI is InChI=1S/C13H15BrO4/c1-2-10-8(6-9(15)7-14)4-3-5-11(10)12(16)13(17)18/h3-5,12,16H,2,6-7H2,1H3,(H,17,18). The number of aliphatic carboxylic acids is 1. The third kappa shape index (κ3) is 3.40. The molecule has 5 heteroatoms. The van der Waals surface area contributed by atoms with E-state index >= 15 is 0 Å². The third-order valence-electron chi connectivity index (χ3n) is 2.73. The molecule has 0 fully saturated rings. The number of hydrogen-bond donors (Lipinski definition) is 2. The zero-order valence-corrected chi connectivity index (χ0v) is 11.6. The van der Waals surface area contributed by atoms with Crippen LogP contribution in [-0.4, -0.2) is 27.3 Å². The second-order valence-electron chi connectivity index (χ2n) is 3.93. The minimum atomic E-state index is -1.54. The molecule has 0 radical (unpaired) electrons. The minimum Gasteiger partial charge on any atom is -0.479 e. The summed E-state index contributed by atoms with van der Waals surface area (Å²) in [6, 6.07) is 5.04. The van der Waals surface area contributed by atoms with Crippen LogP contribution in [0, 0.1) is 0 Å². The molecule has 2 N–H and O–H groups in total. The third-order valence-corrected chi connectivity index (χ3v) is 3.35. The number of carboxylic acid groups (broad SMARTS) is 1. The van der Waals surface area contributed by atoms with E-state index in [2.05, 4.69) is 15.9 Å². The number of aliphatic hydroxyl groups is 1. The van der Waals surface area contributed by atoms with Gasteiger partial charge in [0.2, 0.25) is 0 Å². The average Bonchev–Trinajstić information content (AvgIpc) is 2.37. The molecule has 4 nitrogen and oxygen atoms in total. The highest BCUT2D eigenvalue weighted by Crippen LogP contribution is 2.23. The second-order valence-corrected chi connectivity index (χ2v) is 4.49. The van der Waals surface area contributed by atoms with Crippen molar-refractivity contribution in [2.45, 2.75) is 25.9 Å². The van der Waals surface area contributed by atoms with Crippen molar-refractivity contribution in [2.24, 2.45) is 0 Å². The van der Waals surface area contributed by atoms with Crippen LogP contribution in [0.5, 0.6) is 0 Å². The zero-order valence-electron chi connectivity index (χ0n) is 10.0. The van der Waals surface area contributed by atoms with Crippen molar-refractivity contribution in [1.29, 1.82) is 0 Å². The quantitative estimate of drug-likeness (QED) is 0.786. The molecule has 1 aromatic carbocycles. The molecular weight excluding hydrogens is 300 g/mol. The van der Waals surface area contributed by atoms with E-state index in [-0.39, 0.29) is 17.5 Å². The number of rotatable bonds is 6. The molecule has 1 rings (SSSR count). The van der Waals surface area contributed by atoms with E-state index in [0.29, 0.717) is 12.0 Å². The van der Waals surface area contributed by atoms with Crippen molar-refractivity contribution in [2.75, 3.05) is 5.33 Å². The molecule has 0 saturated carbocycles. The van der Waals surface area contributed by atoms with Gasteiger partial charge in [0.05, 0.1) is 5.33 Å². The van der Waals surface area contributed by atoms with Gasteiger partial charge in [-0.2, -0.15) is 0 Å². The molecular formula is C13H15BrO4.